The number of benzene rings is 12. The molecule has 72 heavy (non-hydrogen) atoms. The summed E-state index contributed by atoms with van der Waals surface area (Å²) in [5, 5.41) is 13.5. The van der Waals surface area contributed by atoms with Crippen molar-refractivity contribution in [1.29, 1.82) is 0 Å². The molecule has 12 aromatic carbocycles. The topological polar surface area (TPSA) is 3.24 Å². The molecule has 0 radical (unpaired) electrons. The van der Waals surface area contributed by atoms with E-state index in [2.05, 4.69) is 266 Å². The lowest BCUT2D eigenvalue weighted by Gasteiger charge is -2.31. The zero-order chi connectivity index (χ0) is 47.5. The summed E-state index contributed by atoms with van der Waals surface area (Å²) in [6.07, 6.45) is 4.58. The zero-order valence-electron chi connectivity index (χ0n) is 39.9. The Morgan fingerprint density at radius 3 is 1.31 bits per heavy atom. The number of nitrogens with zero attached hydrogens (tertiary/aromatic N) is 1. The second-order valence-electron chi connectivity index (χ2n) is 19.5. The first-order valence-corrected chi connectivity index (χ1v) is 26.7. The van der Waals surface area contributed by atoms with Gasteiger partial charge in [-0.15, -0.1) is 0 Å². The standard InChI is InChI=1S/C70H49NSi/c1-4-16-59-50(11-1)14-9-21-61(59)52-27-23-46(24-28-52)48-31-36-56(37-32-48)71(57-38-33-49(34-39-57)47-25-29-53(30-26-47)62-22-10-15-51-12-2-5-17-60(51)62)58-40-42-67-66-41-35-55(44-69(66)72-70(67)45-58)68-43-54-13-3-6-18-63(54)64-19-7-8-20-65(64)68/h1-39,41,43-45H,40,42,72H2. The third kappa shape index (κ3) is 7.39. The van der Waals surface area contributed by atoms with Gasteiger partial charge in [-0.1, -0.05) is 235 Å². The summed E-state index contributed by atoms with van der Waals surface area (Å²) >= 11 is 0. The Morgan fingerprint density at radius 2 is 0.736 bits per heavy atom. The Balaban J connectivity index is 0.794. The number of fused-ring (bicyclic) bond motifs is 7. The lowest BCUT2D eigenvalue weighted by atomic mass is 9.91. The van der Waals surface area contributed by atoms with Crippen LogP contribution >= 0.6 is 0 Å². The van der Waals surface area contributed by atoms with Gasteiger partial charge in [-0.05, 0) is 159 Å². The van der Waals surface area contributed by atoms with Crippen LogP contribution in [0.15, 0.2) is 272 Å². The van der Waals surface area contributed by atoms with E-state index in [9.17, 15) is 0 Å². The molecule has 12 aromatic rings. The maximum absolute atomic E-state index is 2.57. The van der Waals surface area contributed by atoms with Gasteiger partial charge in [0.2, 0.25) is 0 Å². The Kier molecular flexibility index (Phi) is 10.3. The molecular weight excluding hydrogens is 883 g/mol. The highest BCUT2D eigenvalue weighted by atomic mass is 28.2. The fourth-order valence-corrected chi connectivity index (χ4v) is 14.0. The minimum absolute atomic E-state index is 0.720. The van der Waals surface area contributed by atoms with Gasteiger partial charge < -0.3 is 4.90 Å². The molecule has 1 nitrogen and oxygen atoms in total. The Labute approximate surface area is 423 Å². The highest BCUT2D eigenvalue weighted by Crippen LogP contribution is 2.43. The summed E-state index contributed by atoms with van der Waals surface area (Å²) in [6.45, 7) is 0. The third-order valence-electron chi connectivity index (χ3n) is 15.4. The molecule has 338 valence electrons. The van der Waals surface area contributed by atoms with Crippen LogP contribution in [0.1, 0.15) is 18.4 Å². The predicted molar refractivity (Wildman–Crippen MR) is 311 cm³/mol. The number of anilines is 2. The van der Waals surface area contributed by atoms with E-state index in [1.165, 1.54) is 121 Å². The average Bonchev–Trinajstić information content (AvgIpc) is 3.82. The molecule has 0 atom stereocenters. The summed E-state index contributed by atoms with van der Waals surface area (Å²) < 4.78 is 0. The lowest BCUT2D eigenvalue weighted by molar-refractivity contribution is 0.929. The second kappa shape index (κ2) is 17.5. The van der Waals surface area contributed by atoms with Gasteiger partial charge in [-0.25, -0.2) is 0 Å². The summed E-state index contributed by atoms with van der Waals surface area (Å²) in [4.78, 5) is 2.52. The predicted octanol–water partition coefficient (Wildman–Crippen LogP) is 17.7. The van der Waals surface area contributed by atoms with Crippen LogP contribution in [0.3, 0.4) is 0 Å². The highest BCUT2D eigenvalue weighted by molar-refractivity contribution is 6.67. The molecule has 1 aliphatic heterocycles. The zero-order valence-corrected chi connectivity index (χ0v) is 41.3. The van der Waals surface area contributed by atoms with Gasteiger partial charge in [0, 0.05) is 17.1 Å². The lowest BCUT2D eigenvalue weighted by Crippen LogP contribution is -2.19. The largest absolute Gasteiger partial charge is 0.314 e. The van der Waals surface area contributed by atoms with Crippen molar-refractivity contribution in [3.63, 3.8) is 0 Å². The molecule has 0 amide bonds. The van der Waals surface area contributed by atoms with E-state index >= 15 is 0 Å². The molecule has 0 fully saturated rings. The van der Waals surface area contributed by atoms with E-state index < -0.39 is 9.52 Å². The van der Waals surface area contributed by atoms with Crippen LogP contribution in [0.25, 0.3) is 104 Å². The first-order chi connectivity index (χ1) is 35.7. The molecular formula is C70H49NSi. The Morgan fingerprint density at radius 1 is 0.292 bits per heavy atom. The smallest absolute Gasteiger partial charge is 0.0888 e. The van der Waals surface area contributed by atoms with E-state index in [4.69, 9.17) is 0 Å². The molecule has 0 bridgehead atoms. The maximum Gasteiger partial charge on any atom is 0.0888 e. The van der Waals surface area contributed by atoms with Crippen LogP contribution in [0.4, 0.5) is 11.4 Å². The van der Waals surface area contributed by atoms with Crippen molar-refractivity contribution in [3.8, 4) is 55.6 Å². The van der Waals surface area contributed by atoms with Crippen molar-refractivity contribution in [2.75, 3.05) is 4.90 Å². The molecule has 2 heteroatoms. The van der Waals surface area contributed by atoms with E-state index in [1.807, 2.05) is 0 Å². The number of hydrogen-bond acceptors (Lipinski definition) is 1. The van der Waals surface area contributed by atoms with E-state index in [0.717, 1.165) is 12.8 Å². The van der Waals surface area contributed by atoms with Gasteiger partial charge in [-0.2, -0.15) is 0 Å². The van der Waals surface area contributed by atoms with Crippen LogP contribution in [0, 0.1) is 0 Å². The first-order valence-electron chi connectivity index (χ1n) is 25.3. The monoisotopic (exact) mass is 931 g/mol. The summed E-state index contributed by atoms with van der Waals surface area (Å²) in [6, 6.07) is 94.5. The summed E-state index contributed by atoms with van der Waals surface area (Å²) in [7, 11) is -0.720. The van der Waals surface area contributed by atoms with Crippen LogP contribution in [-0.4, -0.2) is 9.52 Å². The summed E-state index contributed by atoms with van der Waals surface area (Å²) in [5.41, 5.74) is 19.2. The molecule has 1 heterocycles. The van der Waals surface area contributed by atoms with Crippen molar-refractivity contribution < 1.29 is 0 Å². The van der Waals surface area contributed by atoms with Gasteiger partial charge in [0.25, 0.3) is 0 Å². The average molecular weight is 932 g/mol. The van der Waals surface area contributed by atoms with Crippen molar-refractivity contribution in [1.82, 2.24) is 0 Å². The quantitative estimate of drug-likeness (QED) is 0.108. The molecule has 0 saturated heterocycles. The van der Waals surface area contributed by atoms with Crippen molar-refractivity contribution in [3.05, 3.63) is 277 Å². The molecule has 14 rings (SSSR count). The van der Waals surface area contributed by atoms with Crippen LogP contribution in [0.5, 0.6) is 0 Å². The SMILES string of the molecule is C1=C(N(c2ccc(-c3ccc(-c4cccc5ccccc45)cc3)cc2)c2ccc(-c3ccc(-c4cccc5ccccc45)cc3)cc2)CCC2=C1[SiH2]c1cc(-c3cc4ccccc4c4ccccc34)ccc12. The molecule has 0 N–H and O–H groups in total. The molecule has 0 spiro atoms. The third-order valence-corrected chi connectivity index (χ3v) is 17.4. The summed E-state index contributed by atoms with van der Waals surface area (Å²) in [5.74, 6) is 0. The normalized spacial score (nSPS) is 13.5. The minimum atomic E-state index is -0.720. The van der Waals surface area contributed by atoms with Gasteiger partial charge in [0.15, 0.2) is 0 Å². The van der Waals surface area contributed by atoms with Gasteiger partial charge in [-0.3, -0.25) is 0 Å². The van der Waals surface area contributed by atoms with Crippen LogP contribution in [-0.2, 0) is 0 Å². The van der Waals surface area contributed by atoms with Crippen molar-refractivity contribution >= 4 is 74.7 Å². The number of allylic oxidation sites excluding steroid dienone is 4. The van der Waals surface area contributed by atoms with Crippen LogP contribution in [0.2, 0.25) is 0 Å². The molecule has 0 unspecified atom stereocenters. The molecule has 0 aromatic heterocycles. The number of hydrogen-bond donors (Lipinski definition) is 0. The Bertz CT molecular complexity index is 3970. The van der Waals surface area contributed by atoms with Crippen molar-refractivity contribution in [2.45, 2.75) is 12.8 Å². The molecule has 0 saturated carbocycles. The highest BCUT2D eigenvalue weighted by Gasteiger charge is 2.28. The minimum Gasteiger partial charge on any atom is -0.314 e. The number of rotatable bonds is 8. The molecule has 1 aliphatic carbocycles. The van der Waals surface area contributed by atoms with Gasteiger partial charge in [0.05, 0.1) is 9.52 Å². The van der Waals surface area contributed by atoms with Crippen molar-refractivity contribution in [2.24, 2.45) is 0 Å². The molecule has 2 aliphatic rings. The Hall–Kier alpha value is -8.82. The fourth-order valence-electron chi connectivity index (χ4n) is 11.8. The fraction of sp³-hybridized carbons (Fsp3) is 0.0286. The first kappa shape index (κ1) is 42.1. The van der Waals surface area contributed by atoms with E-state index in [1.54, 1.807) is 16.0 Å². The van der Waals surface area contributed by atoms with Crippen LogP contribution < -0.4 is 10.1 Å². The van der Waals surface area contributed by atoms with Gasteiger partial charge >= 0.3 is 0 Å². The van der Waals surface area contributed by atoms with E-state index in [0.29, 0.717) is 0 Å². The maximum atomic E-state index is 2.57. The van der Waals surface area contributed by atoms with Gasteiger partial charge in [0.1, 0.15) is 0 Å². The van der Waals surface area contributed by atoms with E-state index in [-0.39, 0.29) is 0 Å². The second-order valence-corrected chi connectivity index (χ2v) is 21.4.